The van der Waals surface area contributed by atoms with E-state index in [0.29, 0.717) is 0 Å². The first kappa shape index (κ1) is 14.5. The molecule has 2 aliphatic rings. The van der Waals surface area contributed by atoms with E-state index in [4.69, 9.17) is 0 Å². The van der Waals surface area contributed by atoms with E-state index in [1.54, 1.807) is 6.92 Å². The smallest absolute Gasteiger partial charge is 0.223 e. The fourth-order valence-corrected chi connectivity index (χ4v) is 3.41. The van der Waals surface area contributed by atoms with Crippen molar-refractivity contribution in [3.8, 4) is 0 Å². The van der Waals surface area contributed by atoms with E-state index in [1.807, 2.05) is 0 Å². The van der Waals surface area contributed by atoms with Gasteiger partial charge in [-0.3, -0.25) is 9.59 Å². The van der Waals surface area contributed by atoms with Gasteiger partial charge in [0.1, 0.15) is 5.78 Å². The molecule has 0 aromatic rings. The summed E-state index contributed by atoms with van der Waals surface area (Å²) in [6, 6.07) is 0. The highest BCUT2D eigenvalue weighted by molar-refractivity contribution is 5.87. The fraction of sp³-hybridized carbons (Fsp3) is 0.867. The summed E-state index contributed by atoms with van der Waals surface area (Å²) >= 11 is 0. The van der Waals surface area contributed by atoms with Crippen molar-refractivity contribution in [3.05, 3.63) is 0 Å². The number of likely N-dealkylation sites (tertiary alicyclic amines) is 1. The number of Topliss-reactive ketones (excluding diaryl/α,β-unsaturated/α-hetero) is 1. The summed E-state index contributed by atoms with van der Waals surface area (Å²) in [5, 5.41) is 3.03. The lowest BCUT2D eigenvalue weighted by molar-refractivity contribution is -0.134. The number of ketones is 1. The van der Waals surface area contributed by atoms with Crippen LogP contribution in [-0.4, -0.2) is 42.8 Å². The standard InChI is InChI=1S/C15H26N2O2/c1-12(18)13-6-2-3-7-14(13)15(19)16-8-11-17-9-4-5-10-17/h13-14H,2-11H2,1H3,(H,16,19)/t13-,14-/m0/s1. The van der Waals surface area contributed by atoms with Crippen LogP contribution < -0.4 is 5.32 Å². The Hall–Kier alpha value is -0.900. The zero-order chi connectivity index (χ0) is 13.7. The molecule has 19 heavy (non-hydrogen) atoms. The van der Waals surface area contributed by atoms with Crippen molar-refractivity contribution in [2.75, 3.05) is 26.2 Å². The largest absolute Gasteiger partial charge is 0.355 e. The molecular weight excluding hydrogens is 240 g/mol. The van der Waals surface area contributed by atoms with E-state index in [2.05, 4.69) is 10.2 Å². The van der Waals surface area contributed by atoms with Crippen molar-refractivity contribution in [2.45, 2.75) is 45.4 Å². The molecule has 1 N–H and O–H groups in total. The number of nitrogens with one attached hydrogen (secondary N) is 1. The van der Waals surface area contributed by atoms with Gasteiger partial charge in [-0.1, -0.05) is 12.8 Å². The maximum atomic E-state index is 12.2. The Kier molecular flexibility index (Phi) is 5.37. The third kappa shape index (κ3) is 4.03. The summed E-state index contributed by atoms with van der Waals surface area (Å²) in [7, 11) is 0. The summed E-state index contributed by atoms with van der Waals surface area (Å²) < 4.78 is 0. The summed E-state index contributed by atoms with van der Waals surface area (Å²) in [5.41, 5.74) is 0. The van der Waals surface area contributed by atoms with Crippen LogP contribution in [0, 0.1) is 11.8 Å². The van der Waals surface area contributed by atoms with Crippen molar-refractivity contribution in [3.63, 3.8) is 0 Å². The van der Waals surface area contributed by atoms with Crippen molar-refractivity contribution in [2.24, 2.45) is 11.8 Å². The number of hydrogen-bond donors (Lipinski definition) is 1. The van der Waals surface area contributed by atoms with Gasteiger partial charge in [-0.2, -0.15) is 0 Å². The van der Waals surface area contributed by atoms with Gasteiger partial charge in [0.15, 0.2) is 0 Å². The van der Waals surface area contributed by atoms with Crippen LogP contribution >= 0.6 is 0 Å². The molecule has 0 aromatic heterocycles. The minimum absolute atomic E-state index is 0.0412. The normalized spacial score (nSPS) is 28.3. The number of carbonyl (C=O) groups excluding carboxylic acids is 2. The molecule has 0 spiro atoms. The third-order valence-electron chi connectivity index (χ3n) is 4.55. The van der Waals surface area contributed by atoms with Gasteiger partial charge < -0.3 is 10.2 Å². The van der Waals surface area contributed by atoms with Crippen LogP contribution in [0.3, 0.4) is 0 Å². The predicted molar refractivity (Wildman–Crippen MR) is 74.8 cm³/mol. The fourth-order valence-electron chi connectivity index (χ4n) is 3.41. The SMILES string of the molecule is CC(=O)[C@@H]1CCCC[C@@H]1C(=O)NCCN1CCCC1. The average Bonchev–Trinajstić information content (AvgIpc) is 2.91. The van der Waals surface area contributed by atoms with Gasteiger partial charge in [0.2, 0.25) is 5.91 Å². The molecule has 0 aromatic carbocycles. The molecule has 2 rings (SSSR count). The van der Waals surface area contributed by atoms with Crippen LogP contribution in [0.1, 0.15) is 45.4 Å². The first-order valence-electron chi connectivity index (χ1n) is 7.69. The number of hydrogen-bond acceptors (Lipinski definition) is 3. The van der Waals surface area contributed by atoms with Crippen molar-refractivity contribution >= 4 is 11.7 Å². The molecule has 1 saturated heterocycles. The second-order valence-electron chi connectivity index (χ2n) is 5.95. The first-order chi connectivity index (χ1) is 9.18. The monoisotopic (exact) mass is 266 g/mol. The van der Waals surface area contributed by atoms with Gasteiger partial charge >= 0.3 is 0 Å². The van der Waals surface area contributed by atoms with Crippen LogP contribution in [0.2, 0.25) is 0 Å². The highest BCUT2D eigenvalue weighted by atomic mass is 16.2. The first-order valence-corrected chi connectivity index (χ1v) is 7.69. The highest BCUT2D eigenvalue weighted by Crippen LogP contribution is 2.30. The summed E-state index contributed by atoms with van der Waals surface area (Å²) in [5.74, 6) is 0.156. The van der Waals surface area contributed by atoms with Crippen molar-refractivity contribution < 1.29 is 9.59 Å². The van der Waals surface area contributed by atoms with Crippen molar-refractivity contribution in [1.82, 2.24) is 10.2 Å². The Labute approximate surface area is 115 Å². The highest BCUT2D eigenvalue weighted by Gasteiger charge is 2.33. The van der Waals surface area contributed by atoms with Crippen molar-refractivity contribution in [1.29, 1.82) is 0 Å². The van der Waals surface area contributed by atoms with Crippen LogP contribution in [0.15, 0.2) is 0 Å². The van der Waals surface area contributed by atoms with Crippen LogP contribution in [0.5, 0.6) is 0 Å². The van der Waals surface area contributed by atoms with E-state index in [9.17, 15) is 9.59 Å². The van der Waals surface area contributed by atoms with Gasteiger partial charge in [0.25, 0.3) is 0 Å². The van der Waals surface area contributed by atoms with Crippen LogP contribution in [0.25, 0.3) is 0 Å². The van der Waals surface area contributed by atoms with E-state index >= 15 is 0 Å². The molecule has 4 nitrogen and oxygen atoms in total. The second-order valence-corrected chi connectivity index (χ2v) is 5.95. The molecule has 0 bridgehead atoms. The maximum absolute atomic E-state index is 12.2. The number of rotatable bonds is 5. The van der Waals surface area contributed by atoms with Gasteiger partial charge in [-0.25, -0.2) is 0 Å². The Bertz CT molecular complexity index is 324. The molecule has 2 fully saturated rings. The molecule has 2 atom stereocenters. The molecule has 1 amide bonds. The van der Waals surface area contributed by atoms with Gasteiger partial charge in [-0.15, -0.1) is 0 Å². The second kappa shape index (κ2) is 7.04. The average molecular weight is 266 g/mol. The molecule has 108 valence electrons. The van der Waals surface area contributed by atoms with E-state index in [1.165, 1.54) is 12.8 Å². The lowest BCUT2D eigenvalue weighted by Crippen LogP contribution is -2.41. The van der Waals surface area contributed by atoms with Crippen LogP contribution in [-0.2, 0) is 9.59 Å². The molecule has 1 saturated carbocycles. The summed E-state index contributed by atoms with van der Waals surface area (Å²) in [6.07, 6.45) is 6.49. The van der Waals surface area contributed by atoms with Gasteiger partial charge in [0.05, 0.1) is 0 Å². The quantitative estimate of drug-likeness (QED) is 0.822. The Morgan fingerprint density at radius 2 is 1.68 bits per heavy atom. The third-order valence-corrected chi connectivity index (χ3v) is 4.55. The summed E-state index contributed by atoms with van der Waals surface area (Å²) in [4.78, 5) is 26.2. The van der Waals surface area contributed by atoms with Crippen LogP contribution in [0.4, 0.5) is 0 Å². The minimum atomic E-state index is -0.0789. The van der Waals surface area contributed by atoms with E-state index < -0.39 is 0 Å². The Morgan fingerprint density at radius 1 is 1.05 bits per heavy atom. The molecule has 1 aliphatic carbocycles. The predicted octanol–water partition coefficient (Wildman–Crippen LogP) is 1.59. The molecule has 1 aliphatic heterocycles. The lowest BCUT2D eigenvalue weighted by Gasteiger charge is -2.29. The molecule has 1 heterocycles. The van der Waals surface area contributed by atoms with Gasteiger partial charge in [-0.05, 0) is 45.7 Å². The maximum Gasteiger partial charge on any atom is 0.223 e. The molecule has 0 unspecified atom stereocenters. The Morgan fingerprint density at radius 3 is 2.32 bits per heavy atom. The number of nitrogens with zero attached hydrogens (tertiary/aromatic N) is 1. The number of carbonyl (C=O) groups is 2. The number of amides is 1. The molecule has 0 radical (unpaired) electrons. The zero-order valence-electron chi connectivity index (χ0n) is 12.0. The van der Waals surface area contributed by atoms with E-state index in [-0.39, 0.29) is 23.5 Å². The van der Waals surface area contributed by atoms with Gasteiger partial charge in [0, 0.05) is 24.9 Å². The topological polar surface area (TPSA) is 49.4 Å². The Balaban J connectivity index is 1.75. The van der Waals surface area contributed by atoms with E-state index in [0.717, 1.165) is 51.9 Å². The minimum Gasteiger partial charge on any atom is -0.355 e. The lowest BCUT2D eigenvalue weighted by atomic mass is 9.77. The zero-order valence-corrected chi connectivity index (χ0v) is 12.0. The summed E-state index contributed by atoms with van der Waals surface area (Å²) in [6.45, 7) is 5.62. The molecule has 4 heteroatoms. The molecular formula is C15H26N2O2.